The highest BCUT2D eigenvalue weighted by Gasteiger charge is 2.15. The number of aromatic nitrogens is 3. The van der Waals surface area contributed by atoms with Gasteiger partial charge in [-0.25, -0.2) is 0 Å². The molecule has 0 amide bonds. The monoisotopic (exact) mass is 279 g/mol. The van der Waals surface area contributed by atoms with E-state index in [4.69, 9.17) is 9.47 Å². The molecule has 0 atom stereocenters. The van der Waals surface area contributed by atoms with E-state index in [1.807, 2.05) is 53.1 Å². The lowest BCUT2D eigenvalue weighted by atomic mass is 10.1. The standard InChI is InChI=1S/C16H13N3O2/c1-2-4-13(5-3-1)19-11-17-18-16(19)12-6-7-14-15(10-12)21-9-8-20-14/h1-7,10-11H,8-9H2. The fraction of sp³-hybridized carbons (Fsp3) is 0.125. The van der Waals surface area contributed by atoms with Crippen molar-refractivity contribution in [3.05, 3.63) is 54.9 Å². The number of benzene rings is 2. The molecule has 0 N–H and O–H groups in total. The maximum Gasteiger partial charge on any atom is 0.168 e. The van der Waals surface area contributed by atoms with Crippen molar-refractivity contribution in [3.63, 3.8) is 0 Å². The summed E-state index contributed by atoms with van der Waals surface area (Å²) in [5.74, 6) is 2.30. The zero-order chi connectivity index (χ0) is 14.1. The summed E-state index contributed by atoms with van der Waals surface area (Å²) in [4.78, 5) is 0. The van der Waals surface area contributed by atoms with Crippen LogP contribution in [0.3, 0.4) is 0 Å². The molecule has 1 aliphatic rings. The molecule has 0 aliphatic carbocycles. The minimum absolute atomic E-state index is 0.571. The van der Waals surface area contributed by atoms with Gasteiger partial charge in [0.25, 0.3) is 0 Å². The first kappa shape index (κ1) is 12.0. The fourth-order valence-corrected chi connectivity index (χ4v) is 2.39. The van der Waals surface area contributed by atoms with Gasteiger partial charge in [-0.15, -0.1) is 10.2 Å². The SMILES string of the molecule is c1ccc(-n2cnnc2-c2ccc3c(c2)OCCO3)cc1. The molecule has 21 heavy (non-hydrogen) atoms. The topological polar surface area (TPSA) is 49.2 Å². The van der Waals surface area contributed by atoms with Crippen molar-refractivity contribution in [2.45, 2.75) is 0 Å². The summed E-state index contributed by atoms with van der Waals surface area (Å²) < 4.78 is 13.1. The van der Waals surface area contributed by atoms with Gasteiger partial charge in [-0.2, -0.15) is 0 Å². The van der Waals surface area contributed by atoms with Crippen molar-refractivity contribution in [2.75, 3.05) is 13.2 Å². The second-order valence-corrected chi connectivity index (χ2v) is 4.72. The first-order chi connectivity index (χ1) is 10.4. The van der Waals surface area contributed by atoms with E-state index in [-0.39, 0.29) is 0 Å². The minimum atomic E-state index is 0.571. The molecule has 0 saturated carbocycles. The van der Waals surface area contributed by atoms with Crippen LogP contribution in [0.15, 0.2) is 54.9 Å². The molecule has 0 bridgehead atoms. The average Bonchev–Trinajstić information content (AvgIpc) is 3.05. The zero-order valence-electron chi connectivity index (χ0n) is 11.3. The average molecular weight is 279 g/mol. The van der Waals surface area contributed by atoms with Gasteiger partial charge >= 0.3 is 0 Å². The van der Waals surface area contributed by atoms with Crippen LogP contribution >= 0.6 is 0 Å². The highest BCUT2D eigenvalue weighted by molar-refractivity contribution is 5.63. The molecule has 0 saturated heterocycles. The molecule has 0 unspecified atom stereocenters. The number of para-hydroxylation sites is 1. The van der Waals surface area contributed by atoms with Crippen LogP contribution in [-0.4, -0.2) is 28.0 Å². The van der Waals surface area contributed by atoms with Crippen LogP contribution in [0.25, 0.3) is 17.1 Å². The molecule has 5 nitrogen and oxygen atoms in total. The first-order valence-electron chi connectivity index (χ1n) is 6.77. The number of fused-ring (bicyclic) bond motifs is 1. The molecule has 5 heteroatoms. The number of nitrogens with zero attached hydrogens (tertiary/aromatic N) is 3. The van der Waals surface area contributed by atoms with Crippen LogP contribution in [0.2, 0.25) is 0 Å². The predicted octanol–water partition coefficient (Wildman–Crippen LogP) is 2.71. The molecular weight excluding hydrogens is 266 g/mol. The Morgan fingerprint density at radius 1 is 0.905 bits per heavy atom. The van der Waals surface area contributed by atoms with E-state index in [0.29, 0.717) is 13.2 Å². The van der Waals surface area contributed by atoms with E-state index in [9.17, 15) is 0 Å². The van der Waals surface area contributed by atoms with E-state index in [1.54, 1.807) is 6.33 Å². The second-order valence-electron chi connectivity index (χ2n) is 4.72. The predicted molar refractivity (Wildman–Crippen MR) is 77.8 cm³/mol. The minimum Gasteiger partial charge on any atom is -0.486 e. The lowest BCUT2D eigenvalue weighted by molar-refractivity contribution is 0.171. The molecule has 1 aliphatic heterocycles. The normalized spacial score (nSPS) is 13.1. The molecule has 0 fully saturated rings. The van der Waals surface area contributed by atoms with Gasteiger partial charge in [0.1, 0.15) is 19.5 Å². The van der Waals surface area contributed by atoms with Crippen molar-refractivity contribution in [1.82, 2.24) is 14.8 Å². The summed E-state index contributed by atoms with van der Waals surface area (Å²) in [7, 11) is 0. The van der Waals surface area contributed by atoms with Gasteiger partial charge < -0.3 is 9.47 Å². The molecule has 104 valence electrons. The molecule has 3 aromatic rings. The number of hydrogen-bond donors (Lipinski definition) is 0. The Balaban J connectivity index is 1.80. The summed E-state index contributed by atoms with van der Waals surface area (Å²) >= 11 is 0. The summed E-state index contributed by atoms with van der Waals surface area (Å²) in [5, 5.41) is 8.26. The van der Waals surface area contributed by atoms with Crippen LogP contribution in [0.4, 0.5) is 0 Å². The summed E-state index contributed by atoms with van der Waals surface area (Å²) in [6.45, 7) is 1.16. The quantitative estimate of drug-likeness (QED) is 0.723. The van der Waals surface area contributed by atoms with Gasteiger partial charge in [-0.1, -0.05) is 18.2 Å². The first-order valence-corrected chi connectivity index (χ1v) is 6.77. The van der Waals surface area contributed by atoms with E-state index >= 15 is 0 Å². The third-order valence-electron chi connectivity index (χ3n) is 3.38. The third kappa shape index (κ3) is 2.12. The van der Waals surface area contributed by atoms with E-state index in [2.05, 4.69) is 10.2 Å². The number of rotatable bonds is 2. The van der Waals surface area contributed by atoms with Crippen LogP contribution in [0.1, 0.15) is 0 Å². The van der Waals surface area contributed by atoms with E-state index in [1.165, 1.54) is 0 Å². The Hall–Kier alpha value is -2.82. The molecule has 2 heterocycles. The van der Waals surface area contributed by atoms with Gasteiger partial charge in [0, 0.05) is 11.3 Å². The Morgan fingerprint density at radius 2 is 1.71 bits per heavy atom. The second kappa shape index (κ2) is 4.94. The van der Waals surface area contributed by atoms with E-state index in [0.717, 1.165) is 28.6 Å². The summed E-state index contributed by atoms with van der Waals surface area (Å²) in [5.41, 5.74) is 1.97. The number of hydrogen-bond acceptors (Lipinski definition) is 4. The van der Waals surface area contributed by atoms with Gasteiger partial charge in [0.05, 0.1) is 0 Å². The van der Waals surface area contributed by atoms with Crippen molar-refractivity contribution >= 4 is 0 Å². The highest BCUT2D eigenvalue weighted by Crippen LogP contribution is 2.34. The Bertz CT molecular complexity index is 768. The lowest BCUT2D eigenvalue weighted by Gasteiger charge is -2.18. The molecule has 0 spiro atoms. The lowest BCUT2D eigenvalue weighted by Crippen LogP contribution is -2.15. The Morgan fingerprint density at radius 3 is 2.57 bits per heavy atom. The smallest absolute Gasteiger partial charge is 0.168 e. The van der Waals surface area contributed by atoms with E-state index < -0.39 is 0 Å². The highest BCUT2D eigenvalue weighted by atomic mass is 16.6. The summed E-state index contributed by atoms with van der Waals surface area (Å²) in [6, 6.07) is 15.8. The van der Waals surface area contributed by atoms with Gasteiger partial charge in [0.2, 0.25) is 0 Å². The van der Waals surface area contributed by atoms with Crippen molar-refractivity contribution in [1.29, 1.82) is 0 Å². The maximum absolute atomic E-state index is 5.63. The molecular formula is C16H13N3O2. The summed E-state index contributed by atoms with van der Waals surface area (Å²) in [6.07, 6.45) is 1.71. The number of ether oxygens (including phenoxy) is 2. The van der Waals surface area contributed by atoms with Crippen LogP contribution in [0, 0.1) is 0 Å². The van der Waals surface area contributed by atoms with Crippen LogP contribution in [-0.2, 0) is 0 Å². The fourth-order valence-electron chi connectivity index (χ4n) is 2.39. The van der Waals surface area contributed by atoms with Gasteiger partial charge in [-0.05, 0) is 30.3 Å². The van der Waals surface area contributed by atoms with Crippen LogP contribution < -0.4 is 9.47 Å². The zero-order valence-corrected chi connectivity index (χ0v) is 11.3. The molecule has 0 radical (unpaired) electrons. The van der Waals surface area contributed by atoms with Gasteiger partial charge in [-0.3, -0.25) is 4.57 Å². The van der Waals surface area contributed by atoms with Crippen molar-refractivity contribution in [3.8, 4) is 28.6 Å². The van der Waals surface area contributed by atoms with Crippen LogP contribution in [0.5, 0.6) is 11.5 Å². The maximum atomic E-state index is 5.63. The molecule has 4 rings (SSSR count). The molecule has 1 aromatic heterocycles. The third-order valence-corrected chi connectivity index (χ3v) is 3.38. The largest absolute Gasteiger partial charge is 0.486 e. The van der Waals surface area contributed by atoms with Gasteiger partial charge in [0.15, 0.2) is 17.3 Å². The Labute approximate surface area is 121 Å². The van der Waals surface area contributed by atoms with Crippen molar-refractivity contribution < 1.29 is 9.47 Å². The Kier molecular flexibility index (Phi) is 2.81. The van der Waals surface area contributed by atoms with Crippen molar-refractivity contribution in [2.24, 2.45) is 0 Å². The molecule has 2 aromatic carbocycles.